The molecule has 1 aromatic rings. The molecule has 84 valence electrons. The van der Waals surface area contributed by atoms with Crippen LogP contribution in [-0.4, -0.2) is 24.7 Å². The SMILES string of the molecule is O=CC(=O)C1CCNN1c1ccc(F)cc1. The van der Waals surface area contributed by atoms with Crippen LogP contribution in [0.5, 0.6) is 0 Å². The summed E-state index contributed by atoms with van der Waals surface area (Å²) < 4.78 is 12.7. The number of nitrogens with one attached hydrogen (secondary N) is 1. The van der Waals surface area contributed by atoms with E-state index in [-0.39, 0.29) is 5.82 Å². The fraction of sp³-hybridized carbons (Fsp3) is 0.273. The Morgan fingerprint density at radius 3 is 2.75 bits per heavy atom. The van der Waals surface area contributed by atoms with E-state index in [2.05, 4.69) is 5.43 Å². The lowest BCUT2D eigenvalue weighted by molar-refractivity contribution is -0.130. The van der Waals surface area contributed by atoms with Gasteiger partial charge in [-0.05, 0) is 30.7 Å². The van der Waals surface area contributed by atoms with Crippen LogP contribution in [0.1, 0.15) is 6.42 Å². The van der Waals surface area contributed by atoms with Crippen LogP contribution in [-0.2, 0) is 9.59 Å². The van der Waals surface area contributed by atoms with Gasteiger partial charge in [-0.1, -0.05) is 0 Å². The molecule has 0 spiro atoms. The molecule has 1 unspecified atom stereocenters. The lowest BCUT2D eigenvalue weighted by Crippen LogP contribution is -2.42. The molecule has 1 atom stereocenters. The van der Waals surface area contributed by atoms with Crippen LogP contribution in [0.4, 0.5) is 10.1 Å². The van der Waals surface area contributed by atoms with Crippen LogP contribution in [0.15, 0.2) is 24.3 Å². The van der Waals surface area contributed by atoms with Gasteiger partial charge in [-0.15, -0.1) is 0 Å². The highest BCUT2D eigenvalue weighted by Crippen LogP contribution is 2.20. The summed E-state index contributed by atoms with van der Waals surface area (Å²) in [5, 5.41) is 1.61. The number of rotatable bonds is 3. The summed E-state index contributed by atoms with van der Waals surface area (Å²) in [4.78, 5) is 21.8. The first kappa shape index (κ1) is 10.8. The van der Waals surface area contributed by atoms with Crippen molar-refractivity contribution in [1.82, 2.24) is 5.43 Å². The molecule has 0 aliphatic carbocycles. The fourth-order valence-electron chi connectivity index (χ4n) is 1.78. The van der Waals surface area contributed by atoms with Crippen LogP contribution in [0.2, 0.25) is 0 Å². The third-order valence-electron chi connectivity index (χ3n) is 2.56. The van der Waals surface area contributed by atoms with Gasteiger partial charge < -0.3 is 0 Å². The van der Waals surface area contributed by atoms with E-state index in [1.165, 1.54) is 12.1 Å². The van der Waals surface area contributed by atoms with Gasteiger partial charge in [-0.3, -0.25) is 14.6 Å². The highest BCUT2D eigenvalue weighted by Gasteiger charge is 2.30. The number of carbonyl (C=O) groups excluding carboxylic acids is 2. The number of anilines is 1. The molecule has 1 aliphatic heterocycles. The van der Waals surface area contributed by atoms with Gasteiger partial charge in [0.25, 0.3) is 0 Å². The number of hydrazine groups is 1. The van der Waals surface area contributed by atoms with Crippen molar-refractivity contribution in [2.24, 2.45) is 0 Å². The second-order valence-corrected chi connectivity index (χ2v) is 3.58. The predicted octanol–water partition coefficient (Wildman–Crippen LogP) is 0.677. The Labute approximate surface area is 92.0 Å². The average Bonchev–Trinajstić information content (AvgIpc) is 2.78. The van der Waals surface area contributed by atoms with Crippen molar-refractivity contribution < 1.29 is 14.0 Å². The van der Waals surface area contributed by atoms with E-state index in [1.807, 2.05) is 0 Å². The number of ketones is 1. The monoisotopic (exact) mass is 222 g/mol. The zero-order valence-electron chi connectivity index (χ0n) is 8.52. The molecule has 5 heteroatoms. The van der Waals surface area contributed by atoms with Crippen molar-refractivity contribution in [2.45, 2.75) is 12.5 Å². The lowest BCUT2D eigenvalue weighted by atomic mass is 10.1. The van der Waals surface area contributed by atoms with Crippen LogP contribution < -0.4 is 10.4 Å². The molecule has 1 aliphatic rings. The van der Waals surface area contributed by atoms with Gasteiger partial charge in [0.15, 0.2) is 6.29 Å². The highest BCUT2D eigenvalue weighted by molar-refractivity contribution is 6.28. The zero-order valence-corrected chi connectivity index (χ0v) is 8.52. The summed E-state index contributed by atoms with van der Waals surface area (Å²) >= 11 is 0. The first-order valence-corrected chi connectivity index (χ1v) is 4.99. The number of hydrogen-bond donors (Lipinski definition) is 1. The second kappa shape index (κ2) is 4.40. The molecule has 1 fully saturated rings. The zero-order chi connectivity index (χ0) is 11.5. The van der Waals surface area contributed by atoms with Crippen molar-refractivity contribution in [3.63, 3.8) is 0 Å². The van der Waals surface area contributed by atoms with Crippen molar-refractivity contribution >= 4 is 17.8 Å². The summed E-state index contributed by atoms with van der Waals surface area (Å²) in [6, 6.07) is 5.29. The van der Waals surface area contributed by atoms with Crippen molar-refractivity contribution in [3.8, 4) is 0 Å². The third-order valence-corrected chi connectivity index (χ3v) is 2.56. The van der Waals surface area contributed by atoms with Crippen LogP contribution in [0.25, 0.3) is 0 Å². The molecular weight excluding hydrogens is 211 g/mol. The van der Waals surface area contributed by atoms with Crippen LogP contribution in [0.3, 0.4) is 0 Å². The van der Waals surface area contributed by atoms with Crippen molar-refractivity contribution in [3.05, 3.63) is 30.1 Å². The predicted molar refractivity (Wildman–Crippen MR) is 56.4 cm³/mol. The molecule has 4 nitrogen and oxygen atoms in total. The van der Waals surface area contributed by atoms with Gasteiger partial charge in [-0.2, -0.15) is 0 Å². The molecule has 1 saturated heterocycles. The summed E-state index contributed by atoms with van der Waals surface area (Å²) in [7, 11) is 0. The van der Waals surface area contributed by atoms with E-state index in [0.29, 0.717) is 24.9 Å². The van der Waals surface area contributed by atoms with Crippen molar-refractivity contribution in [1.29, 1.82) is 0 Å². The first-order valence-electron chi connectivity index (χ1n) is 4.99. The molecule has 16 heavy (non-hydrogen) atoms. The van der Waals surface area contributed by atoms with E-state index >= 15 is 0 Å². The summed E-state index contributed by atoms with van der Waals surface area (Å²) in [6.45, 7) is 0.627. The quantitative estimate of drug-likeness (QED) is 0.603. The van der Waals surface area contributed by atoms with Gasteiger partial charge in [0.2, 0.25) is 5.78 Å². The maximum absolute atomic E-state index is 12.7. The Kier molecular flexibility index (Phi) is 2.96. The number of aldehydes is 1. The summed E-state index contributed by atoms with van der Waals surface area (Å²) in [5.41, 5.74) is 3.67. The molecule has 1 aromatic carbocycles. The Hall–Kier alpha value is -1.75. The molecule has 0 bridgehead atoms. The number of benzene rings is 1. The molecule has 1 N–H and O–H groups in total. The molecular formula is C11H11FN2O2. The van der Waals surface area contributed by atoms with Gasteiger partial charge >= 0.3 is 0 Å². The van der Waals surface area contributed by atoms with Gasteiger partial charge in [0, 0.05) is 6.54 Å². The minimum atomic E-state index is -0.483. The number of carbonyl (C=O) groups is 2. The Morgan fingerprint density at radius 2 is 2.12 bits per heavy atom. The van der Waals surface area contributed by atoms with Crippen molar-refractivity contribution in [2.75, 3.05) is 11.6 Å². The molecule has 1 heterocycles. The molecule has 2 rings (SSSR count). The van der Waals surface area contributed by atoms with E-state index in [4.69, 9.17) is 0 Å². The van der Waals surface area contributed by atoms with E-state index in [1.54, 1.807) is 17.1 Å². The maximum atomic E-state index is 12.7. The summed E-state index contributed by atoms with van der Waals surface area (Å²) in [5.74, 6) is -0.796. The molecule has 0 amide bonds. The Balaban J connectivity index is 2.22. The molecule has 0 aromatic heterocycles. The Morgan fingerprint density at radius 1 is 1.44 bits per heavy atom. The minimum absolute atomic E-state index is 0.328. The molecule has 0 radical (unpaired) electrons. The second-order valence-electron chi connectivity index (χ2n) is 3.58. The Bertz CT molecular complexity index is 405. The lowest BCUT2D eigenvalue weighted by Gasteiger charge is -2.23. The average molecular weight is 222 g/mol. The normalized spacial score (nSPS) is 19.8. The van der Waals surface area contributed by atoms with Gasteiger partial charge in [0.05, 0.1) is 5.69 Å². The number of halogens is 1. The number of Topliss-reactive ketones (excluding diaryl/α,β-unsaturated/α-hetero) is 1. The first-order chi connectivity index (χ1) is 7.72. The van der Waals surface area contributed by atoms with Gasteiger partial charge in [-0.25, -0.2) is 9.82 Å². The minimum Gasteiger partial charge on any atom is -0.297 e. The smallest absolute Gasteiger partial charge is 0.219 e. The number of nitrogens with zero attached hydrogens (tertiary/aromatic N) is 1. The van der Waals surface area contributed by atoms with E-state index in [0.717, 1.165) is 0 Å². The number of hydrogen-bond acceptors (Lipinski definition) is 4. The highest BCUT2D eigenvalue weighted by atomic mass is 19.1. The standard InChI is InChI=1S/C11H11FN2O2/c12-8-1-3-9(4-2-8)14-10(5-6-13-14)11(16)7-15/h1-4,7,10,13H,5-6H2. The fourth-order valence-corrected chi connectivity index (χ4v) is 1.78. The summed E-state index contributed by atoms with van der Waals surface area (Å²) in [6.07, 6.45) is 0.906. The van der Waals surface area contributed by atoms with Gasteiger partial charge in [0.1, 0.15) is 11.9 Å². The third kappa shape index (κ3) is 1.94. The topological polar surface area (TPSA) is 49.4 Å². The largest absolute Gasteiger partial charge is 0.297 e. The molecule has 0 saturated carbocycles. The van der Waals surface area contributed by atoms with E-state index < -0.39 is 11.8 Å². The van der Waals surface area contributed by atoms with E-state index in [9.17, 15) is 14.0 Å². The maximum Gasteiger partial charge on any atom is 0.219 e. The van der Waals surface area contributed by atoms with Crippen LogP contribution in [0, 0.1) is 5.82 Å². The van der Waals surface area contributed by atoms with Crippen LogP contribution >= 0.6 is 0 Å².